The first-order chi connectivity index (χ1) is 9.17. The van der Waals surface area contributed by atoms with Crippen molar-refractivity contribution in [1.82, 2.24) is 9.78 Å². The number of aliphatic hydroxyl groups is 1. The van der Waals surface area contributed by atoms with E-state index in [1.165, 1.54) is 30.7 Å². The zero-order valence-corrected chi connectivity index (χ0v) is 12.6. The van der Waals surface area contributed by atoms with Gasteiger partial charge in [0.05, 0.1) is 11.8 Å². The van der Waals surface area contributed by atoms with Gasteiger partial charge in [-0.05, 0) is 56.9 Å². The average molecular weight is 264 g/mol. The number of hydrogen-bond donors (Lipinski definition) is 1. The van der Waals surface area contributed by atoms with Crippen LogP contribution in [0, 0.1) is 11.8 Å². The lowest BCUT2D eigenvalue weighted by molar-refractivity contribution is 0.0465. The predicted molar refractivity (Wildman–Crippen MR) is 78.1 cm³/mol. The topological polar surface area (TPSA) is 38.0 Å². The number of nitrogens with zero attached hydrogens (tertiary/aromatic N) is 2. The molecule has 0 bridgehead atoms. The van der Waals surface area contributed by atoms with Crippen LogP contribution in [0.3, 0.4) is 0 Å². The van der Waals surface area contributed by atoms with Gasteiger partial charge in [-0.1, -0.05) is 20.3 Å². The molecule has 1 saturated carbocycles. The monoisotopic (exact) mass is 264 g/mol. The quantitative estimate of drug-likeness (QED) is 0.887. The molecule has 0 aliphatic heterocycles. The maximum absolute atomic E-state index is 10.2. The van der Waals surface area contributed by atoms with Crippen LogP contribution in [0.4, 0.5) is 0 Å². The largest absolute Gasteiger partial charge is 0.393 e. The molecule has 0 spiro atoms. The number of aliphatic hydroxyl groups excluding tert-OH is 1. The standard InChI is InChI=1S/C16H28N2O/c1-4-12-7-8-16(19)13(9-12)10-15-11-14(5-2)17-18(15)6-3/h11-13,16,19H,4-10H2,1-3H3. The Kier molecular flexibility index (Phi) is 5.03. The molecule has 3 nitrogen and oxygen atoms in total. The second-order valence-corrected chi connectivity index (χ2v) is 5.92. The second kappa shape index (κ2) is 6.56. The number of aryl methyl sites for hydroxylation is 2. The highest BCUT2D eigenvalue weighted by atomic mass is 16.3. The van der Waals surface area contributed by atoms with E-state index in [4.69, 9.17) is 0 Å². The molecule has 3 atom stereocenters. The van der Waals surface area contributed by atoms with E-state index in [0.29, 0.717) is 5.92 Å². The van der Waals surface area contributed by atoms with Crippen LogP contribution in [0.5, 0.6) is 0 Å². The van der Waals surface area contributed by atoms with Gasteiger partial charge in [-0.2, -0.15) is 5.10 Å². The first-order valence-corrected chi connectivity index (χ1v) is 7.91. The van der Waals surface area contributed by atoms with Crippen molar-refractivity contribution in [3.8, 4) is 0 Å². The molecule has 0 amide bonds. The van der Waals surface area contributed by atoms with Gasteiger partial charge in [0.15, 0.2) is 0 Å². The van der Waals surface area contributed by atoms with Crippen molar-refractivity contribution in [2.24, 2.45) is 11.8 Å². The van der Waals surface area contributed by atoms with Crippen LogP contribution in [0.15, 0.2) is 6.07 Å². The molecule has 19 heavy (non-hydrogen) atoms. The van der Waals surface area contributed by atoms with Gasteiger partial charge in [0, 0.05) is 12.2 Å². The zero-order chi connectivity index (χ0) is 13.8. The first kappa shape index (κ1) is 14.6. The Bertz CT molecular complexity index is 399. The average Bonchev–Trinajstić information content (AvgIpc) is 2.83. The minimum absolute atomic E-state index is 0.118. The van der Waals surface area contributed by atoms with Crippen LogP contribution < -0.4 is 0 Å². The van der Waals surface area contributed by atoms with Crippen LogP contribution in [-0.2, 0) is 19.4 Å². The van der Waals surface area contributed by atoms with Crippen LogP contribution in [0.25, 0.3) is 0 Å². The van der Waals surface area contributed by atoms with Crippen molar-refractivity contribution in [3.63, 3.8) is 0 Å². The zero-order valence-electron chi connectivity index (χ0n) is 12.6. The third-order valence-electron chi connectivity index (χ3n) is 4.68. The van der Waals surface area contributed by atoms with E-state index in [2.05, 4.69) is 36.6 Å². The van der Waals surface area contributed by atoms with Gasteiger partial charge >= 0.3 is 0 Å². The van der Waals surface area contributed by atoms with Gasteiger partial charge in [-0.3, -0.25) is 4.68 Å². The molecule has 3 heteroatoms. The highest BCUT2D eigenvalue weighted by Crippen LogP contribution is 2.33. The van der Waals surface area contributed by atoms with Gasteiger partial charge in [-0.15, -0.1) is 0 Å². The summed E-state index contributed by atoms with van der Waals surface area (Å²) >= 11 is 0. The molecule has 3 unspecified atom stereocenters. The summed E-state index contributed by atoms with van der Waals surface area (Å²) in [5, 5.41) is 14.9. The molecular weight excluding hydrogens is 236 g/mol. The Labute approximate surface area is 117 Å². The van der Waals surface area contributed by atoms with E-state index in [1.54, 1.807) is 0 Å². The molecule has 108 valence electrons. The van der Waals surface area contributed by atoms with E-state index in [0.717, 1.165) is 31.7 Å². The van der Waals surface area contributed by atoms with E-state index >= 15 is 0 Å². The van der Waals surface area contributed by atoms with Gasteiger partial charge < -0.3 is 5.11 Å². The minimum Gasteiger partial charge on any atom is -0.393 e. The van der Waals surface area contributed by atoms with Crippen molar-refractivity contribution in [3.05, 3.63) is 17.5 Å². The summed E-state index contributed by atoms with van der Waals surface area (Å²) in [6, 6.07) is 2.23. The van der Waals surface area contributed by atoms with E-state index in [1.807, 2.05) is 0 Å². The van der Waals surface area contributed by atoms with E-state index in [9.17, 15) is 5.11 Å². The molecule has 0 radical (unpaired) electrons. The summed E-state index contributed by atoms with van der Waals surface area (Å²) in [5.74, 6) is 1.22. The second-order valence-electron chi connectivity index (χ2n) is 5.92. The fraction of sp³-hybridized carbons (Fsp3) is 0.812. The van der Waals surface area contributed by atoms with E-state index < -0.39 is 0 Å². The highest BCUT2D eigenvalue weighted by molar-refractivity contribution is 5.12. The molecule has 1 fully saturated rings. The minimum atomic E-state index is -0.118. The molecule has 1 aliphatic rings. The maximum Gasteiger partial charge on any atom is 0.0624 e. The number of aromatic nitrogens is 2. The fourth-order valence-electron chi connectivity index (χ4n) is 3.33. The van der Waals surface area contributed by atoms with Crippen molar-refractivity contribution >= 4 is 0 Å². The Morgan fingerprint density at radius 3 is 2.74 bits per heavy atom. The molecule has 0 saturated heterocycles. The third kappa shape index (κ3) is 3.38. The molecule has 2 rings (SSSR count). The lowest BCUT2D eigenvalue weighted by atomic mass is 9.76. The lowest BCUT2D eigenvalue weighted by Gasteiger charge is -2.33. The SMILES string of the molecule is CCc1cc(CC2CC(CC)CCC2O)n(CC)n1. The maximum atomic E-state index is 10.2. The fourth-order valence-corrected chi connectivity index (χ4v) is 3.33. The predicted octanol–water partition coefficient (Wildman–Crippen LogP) is 3.20. The first-order valence-electron chi connectivity index (χ1n) is 7.91. The number of hydrogen-bond acceptors (Lipinski definition) is 2. The molecule has 1 aromatic rings. The van der Waals surface area contributed by atoms with Crippen molar-refractivity contribution < 1.29 is 5.11 Å². The normalized spacial score (nSPS) is 27.7. The molecule has 0 aromatic carbocycles. The van der Waals surface area contributed by atoms with Gasteiger partial charge in [0.2, 0.25) is 0 Å². The van der Waals surface area contributed by atoms with Crippen molar-refractivity contribution in [2.45, 2.75) is 71.9 Å². The van der Waals surface area contributed by atoms with Crippen LogP contribution in [-0.4, -0.2) is 21.0 Å². The highest BCUT2D eigenvalue weighted by Gasteiger charge is 2.29. The summed E-state index contributed by atoms with van der Waals surface area (Å²) in [6.45, 7) is 7.48. The Morgan fingerprint density at radius 1 is 1.32 bits per heavy atom. The van der Waals surface area contributed by atoms with Crippen LogP contribution in [0.2, 0.25) is 0 Å². The van der Waals surface area contributed by atoms with Gasteiger partial charge in [-0.25, -0.2) is 0 Å². The lowest BCUT2D eigenvalue weighted by Crippen LogP contribution is -2.31. The molecule has 1 heterocycles. The van der Waals surface area contributed by atoms with Gasteiger partial charge in [0.1, 0.15) is 0 Å². The number of rotatable bonds is 5. The Balaban J connectivity index is 2.08. The summed E-state index contributed by atoms with van der Waals surface area (Å²) in [4.78, 5) is 0. The Morgan fingerprint density at radius 2 is 2.11 bits per heavy atom. The summed E-state index contributed by atoms with van der Waals surface area (Å²) in [7, 11) is 0. The smallest absolute Gasteiger partial charge is 0.0624 e. The van der Waals surface area contributed by atoms with Crippen molar-refractivity contribution in [2.75, 3.05) is 0 Å². The molecule has 1 aromatic heterocycles. The summed E-state index contributed by atoms with van der Waals surface area (Å²) < 4.78 is 2.11. The van der Waals surface area contributed by atoms with Crippen molar-refractivity contribution in [1.29, 1.82) is 0 Å². The third-order valence-corrected chi connectivity index (χ3v) is 4.68. The molecular formula is C16H28N2O. The molecule has 1 N–H and O–H groups in total. The van der Waals surface area contributed by atoms with Crippen LogP contribution in [0.1, 0.15) is 57.8 Å². The summed E-state index contributed by atoms with van der Waals surface area (Å²) in [5.41, 5.74) is 2.48. The molecule has 1 aliphatic carbocycles. The van der Waals surface area contributed by atoms with Crippen LogP contribution >= 0.6 is 0 Å². The van der Waals surface area contributed by atoms with E-state index in [-0.39, 0.29) is 6.10 Å². The van der Waals surface area contributed by atoms with Gasteiger partial charge in [0.25, 0.3) is 0 Å². The Hall–Kier alpha value is -0.830. The summed E-state index contributed by atoms with van der Waals surface area (Å²) in [6.07, 6.45) is 6.45.